The first-order chi connectivity index (χ1) is 11.5. The molecule has 2 unspecified atom stereocenters. The number of nitrogen functional groups attached to an aromatic ring is 1. The summed E-state index contributed by atoms with van der Waals surface area (Å²) in [5, 5.41) is 2.86. The molecule has 24 heavy (non-hydrogen) atoms. The van der Waals surface area contributed by atoms with Crippen LogP contribution >= 0.6 is 0 Å². The molecule has 1 aliphatic rings. The Bertz CT molecular complexity index is 728. The third-order valence-corrected chi connectivity index (χ3v) is 4.27. The van der Waals surface area contributed by atoms with Gasteiger partial charge in [0.25, 0.3) is 0 Å². The van der Waals surface area contributed by atoms with E-state index in [1.54, 1.807) is 17.0 Å². The fourth-order valence-corrected chi connectivity index (χ4v) is 3.09. The Morgan fingerprint density at radius 3 is 2.50 bits per heavy atom. The molecule has 1 aliphatic heterocycles. The molecular formula is C19H21N3O2. The van der Waals surface area contributed by atoms with Crippen molar-refractivity contribution in [2.45, 2.75) is 31.8 Å². The van der Waals surface area contributed by atoms with Crippen molar-refractivity contribution >= 4 is 23.2 Å². The molecule has 1 fully saturated rings. The van der Waals surface area contributed by atoms with Crippen molar-refractivity contribution in [1.29, 1.82) is 0 Å². The highest BCUT2D eigenvalue weighted by molar-refractivity contribution is 6.02. The van der Waals surface area contributed by atoms with Crippen LogP contribution in [0.2, 0.25) is 0 Å². The zero-order valence-corrected chi connectivity index (χ0v) is 13.6. The van der Waals surface area contributed by atoms with E-state index in [1.165, 1.54) is 0 Å². The number of para-hydroxylation sites is 1. The molecule has 5 nitrogen and oxygen atoms in total. The molecule has 3 N–H and O–H groups in total. The second-order valence-electron chi connectivity index (χ2n) is 6.17. The SMILES string of the molecule is CC1CC(NC(=O)Cc2ccc(N)cc2)C(=O)N1c1ccccc1. The summed E-state index contributed by atoms with van der Waals surface area (Å²) in [6.07, 6.45) is 0.852. The minimum atomic E-state index is -0.471. The minimum Gasteiger partial charge on any atom is -0.399 e. The summed E-state index contributed by atoms with van der Waals surface area (Å²) in [4.78, 5) is 26.6. The minimum absolute atomic E-state index is 0.0562. The van der Waals surface area contributed by atoms with Gasteiger partial charge in [0.15, 0.2) is 0 Å². The van der Waals surface area contributed by atoms with E-state index in [0.29, 0.717) is 12.1 Å². The molecule has 2 aromatic rings. The van der Waals surface area contributed by atoms with Crippen LogP contribution in [0.3, 0.4) is 0 Å². The van der Waals surface area contributed by atoms with Gasteiger partial charge in [-0.05, 0) is 43.2 Å². The lowest BCUT2D eigenvalue weighted by Gasteiger charge is -2.21. The number of hydrogen-bond acceptors (Lipinski definition) is 3. The highest BCUT2D eigenvalue weighted by Crippen LogP contribution is 2.26. The Balaban J connectivity index is 1.64. The van der Waals surface area contributed by atoms with Gasteiger partial charge in [0, 0.05) is 17.4 Å². The number of nitrogens with one attached hydrogen (secondary N) is 1. The van der Waals surface area contributed by atoms with Gasteiger partial charge in [-0.2, -0.15) is 0 Å². The van der Waals surface area contributed by atoms with Crippen molar-refractivity contribution in [2.75, 3.05) is 10.6 Å². The number of anilines is 2. The Morgan fingerprint density at radius 1 is 1.17 bits per heavy atom. The number of nitrogens with two attached hydrogens (primary N) is 1. The maximum absolute atomic E-state index is 12.6. The van der Waals surface area contributed by atoms with Gasteiger partial charge in [0.2, 0.25) is 11.8 Å². The molecule has 2 amide bonds. The van der Waals surface area contributed by atoms with Crippen LogP contribution in [0.5, 0.6) is 0 Å². The monoisotopic (exact) mass is 323 g/mol. The second kappa shape index (κ2) is 6.74. The Morgan fingerprint density at radius 2 is 1.83 bits per heavy atom. The van der Waals surface area contributed by atoms with Crippen LogP contribution in [0.25, 0.3) is 0 Å². The quantitative estimate of drug-likeness (QED) is 0.846. The number of amides is 2. The lowest BCUT2D eigenvalue weighted by molar-refractivity contribution is -0.126. The van der Waals surface area contributed by atoms with Crippen molar-refractivity contribution in [2.24, 2.45) is 0 Å². The molecule has 0 aromatic heterocycles. The van der Waals surface area contributed by atoms with Gasteiger partial charge >= 0.3 is 0 Å². The van der Waals surface area contributed by atoms with Crippen LogP contribution in [-0.2, 0) is 16.0 Å². The van der Waals surface area contributed by atoms with Gasteiger partial charge in [-0.15, -0.1) is 0 Å². The number of benzene rings is 2. The largest absolute Gasteiger partial charge is 0.399 e. The lowest BCUT2D eigenvalue weighted by atomic mass is 10.1. The fourth-order valence-electron chi connectivity index (χ4n) is 3.09. The van der Waals surface area contributed by atoms with E-state index in [9.17, 15) is 9.59 Å². The van der Waals surface area contributed by atoms with Crippen LogP contribution in [0.15, 0.2) is 54.6 Å². The Hall–Kier alpha value is -2.82. The van der Waals surface area contributed by atoms with E-state index in [-0.39, 0.29) is 24.3 Å². The number of hydrogen-bond donors (Lipinski definition) is 2. The molecule has 0 bridgehead atoms. The summed E-state index contributed by atoms with van der Waals surface area (Å²) in [6, 6.07) is 16.3. The Labute approximate surface area is 141 Å². The third-order valence-electron chi connectivity index (χ3n) is 4.27. The lowest BCUT2D eigenvalue weighted by Crippen LogP contribution is -2.42. The summed E-state index contributed by atoms with van der Waals surface area (Å²) in [5.74, 6) is -0.209. The predicted molar refractivity (Wildman–Crippen MR) is 94.5 cm³/mol. The Kier molecular flexibility index (Phi) is 4.51. The zero-order valence-electron chi connectivity index (χ0n) is 13.6. The molecule has 5 heteroatoms. The molecule has 0 radical (unpaired) electrons. The van der Waals surface area contributed by atoms with E-state index in [0.717, 1.165) is 11.3 Å². The summed E-state index contributed by atoms with van der Waals surface area (Å²) in [7, 11) is 0. The maximum atomic E-state index is 12.6. The van der Waals surface area contributed by atoms with Crippen molar-refractivity contribution in [3.63, 3.8) is 0 Å². The fraction of sp³-hybridized carbons (Fsp3) is 0.263. The number of carbonyl (C=O) groups is 2. The molecule has 0 aliphatic carbocycles. The predicted octanol–water partition coefficient (Wildman–Crippen LogP) is 2.12. The molecule has 1 heterocycles. The molecule has 124 valence electrons. The van der Waals surface area contributed by atoms with Gasteiger partial charge in [0.05, 0.1) is 6.42 Å². The van der Waals surface area contributed by atoms with Gasteiger partial charge in [-0.3, -0.25) is 9.59 Å². The average Bonchev–Trinajstić information content (AvgIpc) is 2.84. The normalized spacial score (nSPS) is 20.2. The molecule has 2 atom stereocenters. The molecule has 0 spiro atoms. The van der Waals surface area contributed by atoms with Gasteiger partial charge in [0.1, 0.15) is 6.04 Å². The van der Waals surface area contributed by atoms with Crippen molar-refractivity contribution in [1.82, 2.24) is 5.32 Å². The average molecular weight is 323 g/mol. The zero-order chi connectivity index (χ0) is 17.1. The van der Waals surface area contributed by atoms with E-state index in [4.69, 9.17) is 5.73 Å². The second-order valence-corrected chi connectivity index (χ2v) is 6.17. The first-order valence-electron chi connectivity index (χ1n) is 8.06. The summed E-state index contributed by atoms with van der Waals surface area (Å²) in [5.41, 5.74) is 8.05. The van der Waals surface area contributed by atoms with Gasteiger partial charge in [-0.1, -0.05) is 30.3 Å². The molecule has 0 saturated carbocycles. The van der Waals surface area contributed by atoms with E-state index in [1.807, 2.05) is 49.4 Å². The molecular weight excluding hydrogens is 302 g/mol. The smallest absolute Gasteiger partial charge is 0.249 e. The molecule has 1 saturated heterocycles. The van der Waals surface area contributed by atoms with Gasteiger partial charge < -0.3 is 16.0 Å². The number of nitrogens with zero attached hydrogens (tertiary/aromatic N) is 1. The van der Waals surface area contributed by atoms with E-state index in [2.05, 4.69) is 5.32 Å². The summed E-state index contributed by atoms with van der Waals surface area (Å²) < 4.78 is 0. The standard InChI is InChI=1S/C19H21N3O2/c1-13-11-17(19(24)22(13)16-5-3-2-4-6-16)21-18(23)12-14-7-9-15(20)10-8-14/h2-10,13,17H,11-12,20H2,1H3,(H,21,23). The van der Waals surface area contributed by atoms with E-state index >= 15 is 0 Å². The van der Waals surface area contributed by atoms with Crippen molar-refractivity contribution in [3.8, 4) is 0 Å². The maximum Gasteiger partial charge on any atom is 0.249 e. The topological polar surface area (TPSA) is 75.4 Å². The molecule has 3 rings (SSSR count). The highest BCUT2D eigenvalue weighted by atomic mass is 16.2. The number of rotatable bonds is 4. The van der Waals surface area contributed by atoms with Crippen molar-refractivity contribution in [3.05, 3.63) is 60.2 Å². The number of carbonyl (C=O) groups excluding carboxylic acids is 2. The first-order valence-corrected chi connectivity index (χ1v) is 8.06. The third kappa shape index (κ3) is 3.40. The summed E-state index contributed by atoms with van der Waals surface area (Å²) in [6.45, 7) is 2.00. The van der Waals surface area contributed by atoms with Crippen LogP contribution in [-0.4, -0.2) is 23.9 Å². The van der Waals surface area contributed by atoms with Gasteiger partial charge in [-0.25, -0.2) is 0 Å². The summed E-state index contributed by atoms with van der Waals surface area (Å²) >= 11 is 0. The highest BCUT2D eigenvalue weighted by Gasteiger charge is 2.38. The van der Waals surface area contributed by atoms with E-state index < -0.39 is 6.04 Å². The molecule has 2 aromatic carbocycles. The van der Waals surface area contributed by atoms with Crippen LogP contribution in [0.4, 0.5) is 11.4 Å². The first kappa shape index (κ1) is 16.1. The van der Waals surface area contributed by atoms with Crippen LogP contribution in [0.1, 0.15) is 18.9 Å². The van der Waals surface area contributed by atoms with Crippen LogP contribution in [0, 0.1) is 0 Å². The van der Waals surface area contributed by atoms with Crippen molar-refractivity contribution < 1.29 is 9.59 Å². The van der Waals surface area contributed by atoms with Crippen LogP contribution < -0.4 is 16.0 Å².